The Balaban J connectivity index is 2.89. The summed E-state index contributed by atoms with van der Waals surface area (Å²) < 4.78 is 23.2. The molecule has 78 valence electrons. The van der Waals surface area contributed by atoms with E-state index in [0.29, 0.717) is 0 Å². The summed E-state index contributed by atoms with van der Waals surface area (Å²) in [6.45, 7) is 5.78. The van der Waals surface area contributed by atoms with Gasteiger partial charge in [0.15, 0.2) is 9.84 Å². The molecule has 0 bridgehead atoms. The van der Waals surface area contributed by atoms with Gasteiger partial charge in [0.2, 0.25) is 0 Å². The monoisotopic (exact) mass is 205 g/mol. The molecule has 3 nitrogen and oxygen atoms in total. The van der Waals surface area contributed by atoms with Gasteiger partial charge < -0.3 is 5.73 Å². The van der Waals surface area contributed by atoms with Gasteiger partial charge >= 0.3 is 0 Å². The maximum atomic E-state index is 11.6. The van der Waals surface area contributed by atoms with Crippen LogP contribution >= 0.6 is 0 Å². The second-order valence-electron chi connectivity index (χ2n) is 4.54. The highest BCUT2D eigenvalue weighted by molar-refractivity contribution is 7.92. The van der Waals surface area contributed by atoms with Gasteiger partial charge in [-0.05, 0) is 18.3 Å². The molecular weight excluding hydrogens is 186 g/mol. The minimum Gasteiger partial charge on any atom is -0.326 e. The molecule has 0 spiro atoms. The number of sulfone groups is 1. The van der Waals surface area contributed by atoms with Gasteiger partial charge in [-0.25, -0.2) is 8.42 Å². The van der Waals surface area contributed by atoms with E-state index in [1.807, 2.05) is 13.8 Å². The summed E-state index contributed by atoms with van der Waals surface area (Å²) in [5.41, 5.74) is 5.92. The van der Waals surface area contributed by atoms with Crippen molar-refractivity contribution >= 4 is 9.84 Å². The van der Waals surface area contributed by atoms with Gasteiger partial charge in [0, 0.05) is 11.8 Å². The van der Waals surface area contributed by atoms with Crippen LogP contribution in [0.2, 0.25) is 0 Å². The molecule has 2 atom stereocenters. The Labute approximate surface area is 80.6 Å². The topological polar surface area (TPSA) is 60.2 Å². The molecule has 13 heavy (non-hydrogen) atoms. The predicted octanol–water partition coefficient (Wildman–Crippen LogP) is 0.937. The Morgan fingerprint density at radius 2 is 2.00 bits per heavy atom. The minimum atomic E-state index is -2.94. The van der Waals surface area contributed by atoms with Crippen LogP contribution in [0.1, 0.15) is 33.6 Å². The summed E-state index contributed by atoms with van der Waals surface area (Å²) in [6, 6.07) is -0.197. The number of nitrogens with two attached hydrogens (primary N) is 1. The number of rotatable bonds is 2. The van der Waals surface area contributed by atoms with Gasteiger partial charge in [0.1, 0.15) is 0 Å². The van der Waals surface area contributed by atoms with E-state index in [-0.39, 0.29) is 22.5 Å². The first-order valence-corrected chi connectivity index (χ1v) is 6.50. The molecule has 1 aliphatic rings. The predicted molar refractivity (Wildman–Crippen MR) is 54.2 cm³/mol. The van der Waals surface area contributed by atoms with E-state index in [2.05, 4.69) is 0 Å². The van der Waals surface area contributed by atoms with E-state index in [4.69, 9.17) is 5.73 Å². The lowest BCUT2D eigenvalue weighted by molar-refractivity contribution is 0.332. The summed E-state index contributed by atoms with van der Waals surface area (Å²) in [5.74, 6) is 0.210. The van der Waals surface area contributed by atoms with E-state index in [0.717, 1.165) is 12.8 Å². The van der Waals surface area contributed by atoms with Gasteiger partial charge in [0.25, 0.3) is 0 Å². The molecule has 2 unspecified atom stereocenters. The zero-order valence-electron chi connectivity index (χ0n) is 8.58. The van der Waals surface area contributed by atoms with E-state index < -0.39 is 9.84 Å². The van der Waals surface area contributed by atoms with Crippen LogP contribution in [-0.4, -0.2) is 25.5 Å². The number of hydrogen-bond acceptors (Lipinski definition) is 3. The molecule has 0 aromatic heterocycles. The normalized spacial score (nSPS) is 33.5. The molecule has 0 radical (unpaired) electrons. The largest absolute Gasteiger partial charge is 0.326 e. The molecule has 4 heteroatoms. The molecule has 0 amide bonds. The van der Waals surface area contributed by atoms with Crippen molar-refractivity contribution in [2.24, 2.45) is 11.1 Å². The van der Waals surface area contributed by atoms with Gasteiger partial charge in [-0.3, -0.25) is 0 Å². The molecule has 0 aromatic carbocycles. The van der Waals surface area contributed by atoms with Gasteiger partial charge in [0.05, 0.1) is 5.25 Å². The maximum absolute atomic E-state index is 11.6. The maximum Gasteiger partial charge on any atom is 0.154 e. The first kappa shape index (κ1) is 11.0. The summed E-state index contributed by atoms with van der Waals surface area (Å²) in [7, 11) is -2.94. The second kappa shape index (κ2) is 3.24. The highest BCUT2D eigenvalue weighted by Gasteiger charge is 2.44. The average Bonchev–Trinajstić information content (AvgIpc) is 2.28. The second-order valence-corrected chi connectivity index (χ2v) is 7.05. The standard InChI is InChI=1S/C9H19NO2S/c1-4-13(11,12)7-5-6-9(2,3)8(7)10/h7-8H,4-6,10H2,1-3H3. The van der Waals surface area contributed by atoms with E-state index >= 15 is 0 Å². The summed E-state index contributed by atoms with van der Waals surface area (Å²) in [4.78, 5) is 0. The fraction of sp³-hybridized carbons (Fsp3) is 1.00. The van der Waals surface area contributed by atoms with Gasteiger partial charge in [-0.2, -0.15) is 0 Å². The third kappa shape index (κ3) is 1.89. The molecule has 1 saturated carbocycles. The molecule has 0 heterocycles. The summed E-state index contributed by atoms with van der Waals surface area (Å²) in [6.07, 6.45) is 1.64. The zero-order valence-corrected chi connectivity index (χ0v) is 9.39. The fourth-order valence-corrected chi connectivity index (χ4v) is 3.70. The van der Waals surface area contributed by atoms with Gasteiger partial charge in [-0.1, -0.05) is 20.8 Å². The lowest BCUT2D eigenvalue weighted by Crippen LogP contribution is -2.44. The Kier molecular flexibility index (Phi) is 2.74. The van der Waals surface area contributed by atoms with E-state index in [1.54, 1.807) is 6.92 Å². The molecule has 1 aliphatic carbocycles. The van der Waals surface area contributed by atoms with Crippen molar-refractivity contribution in [3.8, 4) is 0 Å². The fourth-order valence-electron chi connectivity index (χ4n) is 1.98. The van der Waals surface area contributed by atoms with Crippen LogP contribution in [0, 0.1) is 5.41 Å². The molecule has 1 rings (SSSR count). The third-order valence-electron chi connectivity index (χ3n) is 3.24. The van der Waals surface area contributed by atoms with Crippen molar-refractivity contribution in [2.75, 3.05) is 5.75 Å². The lowest BCUT2D eigenvalue weighted by Gasteiger charge is -2.26. The van der Waals surface area contributed by atoms with Crippen molar-refractivity contribution in [2.45, 2.75) is 44.9 Å². The van der Waals surface area contributed by atoms with Crippen molar-refractivity contribution in [1.29, 1.82) is 0 Å². The van der Waals surface area contributed by atoms with Crippen LogP contribution in [0.25, 0.3) is 0 Å². The Morgan fingerprint density at radius 3 is 2.31 bits per heavy atom. The lowest BCUT2D eigenvalue weighted by atomic mass is 9.88. The molecule has 0 aliphatic heterocycles. The smallest absolute Gasteiger partial charge is 0.154 e. The Morgan fingerprint density at radius 1 is 1.46 bits per heavy atom. The van der Waals surface area contributed by atoms with Gasteiger partial charge in [-0.15, -0.1) is 0 Å². The van der Waals surface area contributed by atoms with Crippen LogP contribution in [0.3, 0.4) is 0 Å². The Hall–Kier alpha value is -0.0900. The van der Waals surface area contributed by atoms with Crippen molar-refractivity contribution < 1.29 is 8.42 Å². The SMILES string of the molecule is CCS(=O)(=O)C1CCC(C)(C)C1N. The Bertz CT molecular complexity index is 282. The van der Waals surface area contributed by atoms with Crippen molar-refractivity contribution in [3.63, 3.8) is 0 Å². The zero-order chi connectivity index (χ0) is 10.3. The molecule has 0 saturated heterocycles. The first-order chi connectivity index (χ1) is 5.81. The summed E-state index contributed by atoms with van der Waals surface area (Å²) >= 11 is 0. The molecule has 2 N–H and O–H groups in total. The third-order valence-corrected chi connectivity index (χ3v) is 5.50. The van der Waals surface area contributed by atoms with Crippen LogP contribution in [0.15, 0.2) is 0 Å². The minimum absolute atomic E-state index is 0.0209. The highest BCUT2D eigenvalue weighted by Crippen LogP contribution is 2.39. The van der Waals surface area contributed by atoms with Crippen molar-refractivity contribution in [1.82, 2.24) is 0 Å². The quantitative estimate of drug-likeness (QED) is 0.729. The van der Waals surface area contributed by atoms with E-state index in [9.17, 15) is 8.42 Å². The average molecular weight is 205 g/mol. The molecular formula is C9H19NO2S. The molecule has 1 fully saturated rings. The highest BCUT2D eigenvalue weighted by atomic mass is 32.2. The first-order valence-electron chi connectivity index (χ1n) is 4.78. The van der Waals surface area contributed by atoms with E-state index in [1.165, 1.54) is 0 Å². The molecule has 0 aromatic rings. The van der Waals surface area contributed by atoms with Crippen LogP contribution in [-0.2, 0) is 9.84 Å². The van der Waals surface area contributed by atoms with Crippen LogP contribution in [0.4, 0.5) is 0 Å². The van der Waals surface area contributed by atoms with Crippen molar-refractivity contribution in [3.05, 3.63) is 0 Å². The van der Waals surface area contributed by atoms with Crippen LogP contribution < -0.4 is 5.73 Å². The summed E-state index contributed by atoms with van der Waals surface area (Å²) in [5, 5.41) is -0.313. The van der Waals surface area contributed by atoms with Crippen LogP contribution in [0.5, 0.6) is 0 Å². The number of hydrogen-bond donors (Lipinski definition) is 1.